The van der Waals surface area contributed by atoms with E-state index in [9.17, 15) is 4.79 Å². The number of aromatic nitrogens is 2. The molecule has 2 aliphatic heterocycles. The number of piperidine rings is 1. The number of halogens is 1. The fraction of sp³-hybridized carbons (Fsp3) is 0.483. The van der Waals surface area contributed by atoms with Crippen molar-refractivity contribution in [1.82, 2.24) is 14.9 Å². The van der Waals surface area contributed by atoms with Crippen LogP contribution in [-0.2, 0) is 9.47 Å². The van der Waals surface area contributed by atoms with Crippen molar-refractivity contribution in [3.05, 3.63) is 52.6 Å². The molecule has 3 heterocycles. The predicted molar refractivity (Wildman–Crippen MR) is 151 cm³/mol. The Labute approximate surface area is 232 Å². The molecule has 0 atom stereocenters. The van der Waals surface area contributed by atoms with Gasteiger partial charge < -0.3 is 24.4 Å². The minimum atomic E-state index is -0.496. The Morgan fingerprint density at radius 1 is 1.11 bits per heavy atom. The fourth-order valence-electron chi connectivity index (χ4n) is 4.88. The van der Waals surface area contributed by atoms with Gasteiger partial charge in [-0.1, -0.05) is 12.1 Å². The predicted octanol–water partition coefficient (Wildman–Crippen LogP) is 6.81. The van der Waals surface area contributed by atoms with Gasteiger partial charge in [-0.2, -0.15) is 0 Å². The number of anilines is 2. The number of benzene rings is 2. The number of amides is 1. The van der Waals surface area contributed by atoms with Crippen LogP contribution in [0.4, 0.5) is 16.4 Å². The summed E-state index contributed by atoms with van der Waals surface area (Å²) in [5.74, 6) is 1.80. The molecule has 2 fully saturated rings. The molecule has 1 N–H and O–H groups in total. The molecule has 38 heavy (non-hydrogen) atoms. The first-order valence-corrected chi connectivity index (χ1v) is 14.1. The van der Waals surface area contributed by atoms with Gasteiger partial charge in [0.1, 0.15) is 17.5 Å². The van der Waals surface area contributed by atoms with Gasteiger partial charge in [0, 0.05) is 62.5 Å². The number of hydrogen-bond acceptors (Lipinski definition) is 7. The van der Waals surface area contributed by atoms with E-state index >= 15 is 0 Å². The number of hydrogen-bond donors (Lipinski definition) is 1. The molecule has 2 aliphatic rings. The molecule has 0 saturated carbocycles. The minimum Gasteiger partial charge on any atom is -0.489 e. The van der Waals surface area contributed by atoms with Crippen LogP contribution in [0, 0.1) is 0 Å². The van der Waals surface area contributed by atoms with E-state index in [4.69, 9.17) is 19.2 Å². The molecule has 1 aromatic heterocycles. The van der Waals surface area contributed by atoms with E-state index < -0.39 is 5.60 Å². The summed E-state index contributed by atoms with van der Waals surface area (Å²) in [7, 11) is 0. The summed E-state index contributed by atoms with van der Waals surface area (Å²) < 4.78 is 18.2. The minimum absolute atomic E-state index is 0.00907. The Morgan fingerprint density at radius 2 is 1.87 bits per heavy atom. The smallest absolute Gasteiger partial charge is 0.410 e. The van der Waals surface area contributed by atoms with E-state index in [0.717, 1.165) is 65.7 Å². The molecule has 0 spiro atoms. The lowest BCUT2D eigenvalue weighted by Gasteiger charge is -2.33. The topological polar surface area (TPSA) is 85.8 Å². The summed E-state index contributed by atoms with van der Waals surface area (Å²) in [6, 6.07) is 12.4. The van der Waals surface area contributed by atoms with Crippen LogP contribution in [0.1, 0.15) is 57.9 Å². The first kappa shape index (κ1) is 26.7. The molecule has 3 aromatic rings. The van der Waals surface area contributed by atoms with Crippen molar-refractivity contribution in [3.8, 4) is 5.75 Å². The van der Waals surface area contributed by atoms with Gasteiger partial charge >= 0.3 is 6.09 Å². The number of nitrogens with one attached hydrogen (secondary N) is 1. The Hall–Kier alpha value is -2.91. The molecule has 0 unspecified atom stereocenters. The quantitative estimate of drug-likeness (QED) is 0.353. The van der Waals surface area contributed by atoms with E-state index in [0.29, 0.717) is 25.0 Å². The van der Waals surface area contributed by atoms with Crippen molar-refractivity contribution < 1.29 is 19.0 Å². The largest absolute Gasteiger partial charge is 0.489 e. The van der Waals surface area contributed by atoms with Crippen molar-refractivity contribution in [2.75, 3.05) is 31.6 Å². The lowest BCUT2D eigenvalue weighted by molar-refractivity contribution is 0.0126. The van der Waals surface area contributed by atoms with Gasteiger partial charge in [-0.05, 0) is 79.2 Å². The van der Waals surface area contributed by atoms with Gasteiger partial charge in [0.15, 0.2) is 0 Å². The molecule has 2 saturated heterocycles. The number of carbonyl (C=O) groups is 1. The highest BCUT2D eigenvalue weighted by Crippen LogP contribution is 2.33. The molecule has 202 valence electrons. The van der Waals surface area contributed by atoms with E-state index in [1.54, 1.807) is 4.90 Å². The average molecular weight is 584 g/mol. The molecular formula is C29H35BrN4O4. The first-order valence-electron chi connectivity index (χ1n) is 13.3. The van der Waals surface area contributed by atoms with Gasteiger partial charge in [0.25, 0.3) is 0 Å². The Balaban J connectivity index is 1.25. The zero-order valence-corrected chi connectivity index (χ0v) is 23.8. The maximum atomic E-state index is 12.4. The average Bonchev–Trinajstić information content (AvgIpc) is 2.89. The number of nitrogens with zero attached hydrogens (tertiary/aromatic N) is 3. The van der Waals surface area contributed by atoms with E-state index in [2.05, 4.69) is 44.4 Å². The number of rotatable bonds is 5. The van der Waals surface area contributed by atoms with Crippen molar-refractivity contribution in [2.24, 2.45) is 0 Å². The van der Waals surface area contributed by atoms with Gasteiger partial charge in [0.05, 0.1) is 9.99 Å². The van der Waals surface area contributed by atoms with Crippen molar-refractivity contribution in [1.29, 1.82) is 0 Å². The second-order valence-corrected chi connectivity index (χ2v) is 11.8. The molecule has 0 aliphatic carbocycles. The number of fused-ring (bicyclic) bond motifs is 1. The van der Waals surface area contributed by atoms with Crippen LogP contribution < -0.4 is 10.1 Å². The monoisotopic (exact) mass is 582 g/mol. The van der Waals surface area contributed by atoms with Crippen molar-refractivity contribution in [2.45, 2.75) is 64.1 Å². The van der Waals surface area contributed by atoms with Gasteiger partial charge in [-0.15, -0.1) is 0 Å². The molecule has 8 nitrogen and oxygen atoms in total. The number of likely N-dealkylation sites (tertiary alicyclic amines) is 1. The SMILES string of the molecule is CC(C)(C)OC(=O)N1CCC(Oc2cc3nc(Nc4cccc(C5CCOCC5)c4)ncc3cc2Br)CC1. The van der Waals surface area contributed by atoms with E-state index in [-0.39, 0.29) is 12.2 Å². The van der Waals surface area contributed by atoms with Crippen LogP contribution in [-0.4, -0.2) is 59.0 Å². The van der Waals surface area contributed by atoms with Crippen LogP contribution in [0.2, 0.25) is 0 Å². The molecule has 5 rings (SSSR count). The molecule has 9 heteroatoms. The third-order valence-electron chi connectivity index (χ3n) is 6.86. The molecule has 2 aromatic carbocycles. The molecular weight excluding hydrogens is 548 g/mol. The molecule has 0 radical (unpaired) electrons. The lowest BCUT2D eigenvalue weighted by atomic mass is 9.91. The standard InChI is InChI=1S/C29H35BrN4O4/c1-29(2,3)38-28(35)34-11-7-23(8-12-34)37-26-17-25-21(16-24(26)30)18-31-27(33-25)32-22-6-4-5-20(15-22)19-9-13-36-14-10-19/h4-6,15-19,23H,7-14H2,1-3H3,(H,31,32,33). The van der Waals surface area contributed by atoms with Crippen molar-refractivity contribution in [3.63, 3.8) is 0 Å². The molecule has 0 bridgehead atoms. The summed E-state index contributed by atoms with van der Waals surface area (Å²) in [6.45, 7) is 8.49. The van der Waals surface area contributed by atoms with Crippen LogP contribution in [0.3, 0.4) is 0 Å². The van der Waals surface area contributed by atoms with Gasteiger partial charge in [-0.25, -0.2) is 14.8 Å². The van der Waals surface area contributed by atoms with Crippen LogP contribution in [0.25, 0.3) is 10.9 Å². The van der Waals surface area contributed by atoms with Gasteiger partial charge in [0.2, 0.25) is 5.95 Å². The Kier molecular flexibility index (Phi) is 8.04. The maximum absolute atomic E-state index is 12.4. The van der Waals surface area contributed by atoms with Crippen LogP contribution in [0.15, 0.2) is 47.1 Å². The molecule has 1 amide bonds. The van der Waals surface area contributed by atoms with E-state index in [1.165, 1.54) is 5.56 Å². The number of ether oxygens (including phenoxy) is 3. The second-order valence-electron chi connectivity index (χ2n) is 11.0. The Morgan fingerprint density at radius 3 is 2.61 bits per heavy atom. The maximum Gasteiger partial charge on any atom is 0.410 e. The zero-order valence-electron chi connectivity index (χ0n) is 22.2. The summed E-state index contributed by atoms with van der Waals surface area (Å²) in [5.41, 5.74) is 2.59. The van der Waals surface area contributed by atoms with E-state index in [1.807, 2.05) is 45.2 Å². The highest BCUT2D eigenvalue weighted by atomic mass is 79.9. The summed E-state index contributed by atoms with van der Waals surface area (Å²) in [6.07, 6.45) is 5.14. The third kappa shape index (κ3) is 6.74. The second kappa shape index (κ2) is 11.5. The summed E-state index contributed by atoms with van der Waals surface area (Å²) >= 11 is 3.64. The van der Waals surface area contributed by atoms with Gasteiger partial charge in [-0.3, -0.25) is 0 Å². The highest BCUT2D eigenvalue weighted by molar-refractivity contribution is 9.10. The Bertz CT molecular complexity index is 1280. The first-order chi connectivity index (χ1) is 18.2. The summed E-state index contributed by atoms with van der Waals surface area (Å²) in [4.78, 5) is 23.4. The normalized spacial score (nSPS) is 17.4. The number of carbonyl (C=O) groups excluding carboxylic acids is 1. The van der Waals surface area contributed by atoms with Crippen LogP contribution >= 0.6 is 15.9 Å². The highest BCUT2D eigenvalue weighted by Gasteiger charge is 2.28. The fourth-order valence-corrected chi connectivity index (χ4v) is 5.33. The van der Waals surface area contributed by atoms with Crippen molar-refractivity contribution >= 4 is 44.6 Å². The van der Waals surface area contributed by atoms with Crippen LogP contribution in [0.5, 0.6) is 5.75 Å². The lowest BCUT2D eigenvalue weighted by Crippen LogP contribution is -2.44. The zero-order chi connectivity index (χ0) is 26.7. The summed E-state index contributed by atoms with van der Waals surface area (Å²) in [5, 5.41) is 4.29. The third-order valence-corrected chi connectivity index (χ3v) is 7.48.